The lowest BCUT2D eigenvalue weighted by Gasteiger charge is -2.35. The Bertz CT molecular complexity index is 798. The molecule has 1 saturated heterocycles. The zero-order valence-corrected chi connectivity index (χ0v) is 14.2. The summed E-state index contributed by atoms with van der Waals surface area (Å²) in [6.07, 6.45) is 0. The minimum atomic E-state index is -0.583. The van der Waals surface area contributed by atoms with Crippen molar-refractivity contribution in [1.29, 1.82) is 5.26 Å². The molecule has 0 aliphatic carbocycles. The number of pyridine rings is 1. The summed E-state index contributed by atoms with van der Waals surface area (Å²) in [6.45, 7) is 4.65. The Morgan fingerprint density at radius 3 is 2.54 bits per heavy atom. The summed E-state index contributed by atoms with van der Waals surface area (Å²) in [5.41, 5.74) is -0.404. The molecule has 1 aliphatic heterocycles. The minimum Gasteiger partial charge on any atom is -0.492 e. The van der Waals surface area contributed by atoms with E-state index in [9.17, 15) is 10.1 Å². The van der Waals surface area contributed by atoms with Gasteiger partial charge in [-0.05, 0) is 18.2 Å². The lowest BCUT2D eigenvalue weighted by molar-refractivity contribution is -0.385. The second-order valence-electron chi connectivity index (χ2n) is 5.90. The zero-order valence-electron chi connectivity index (χ0n) is 14.2. The highest BCUT2D eigenvalue weighted by Crippen LogP contribution is 2.21. The standard InChI is InChI=1S/C18H19N5O3/c19-14-16-17(23(24)25)6-7-18(20-16)22-10-8-21(9-11-22)12-13-26-15-4-2-1-3-5-15/h1-7H,8-13H2. The maximum Gasteiger partial charge on any atom is 0.305 e. The lowest BCUT2D eigenvalue weighted by atomic mass is 10.2. The summed E-state index contributed by atoms with van der Waals surface area (Å²) < 4.78 is 5.72. The van der Waals surface area contributed by atoms with Gasteiger partial charge in [0.25, 0.3) is 0 Å². The number of nitrogens with zero attached hydrogens (tertiary/aromatic N) is 5. The van der Waals surface area contributed by atoms with Gasteiger partial charge < -0.3 is 9.64 Å². The molecule has 8 nitrogen and oxygen atoms in total. The van der Waals surface area contributed by atoms with Crippen molar-refractivity contribution < 1.29 is 9.66 Å². The van der Waals surface area contributed by atoms with Crippen molar-refractivity contribution in [3.8, 4) is 11.8 Å². The quantitative estimate of drug-likeness (QED) is 0.579. The smallest absolute Gasteiger partial charge is 0.305 e. The molecule has 3 rings (SSSR count). The Labute approximate surface area is 151 Å². The molecule has 2 aromatic rings. The van der Waals surface area contributed by atoms with Crippen LogP contribution in [0.25, 0.3) is 0 Å². The summed E-state index contributed by atoms with van der Waals surface area (Å²) in [4.78, 5) is 18.8. The van der Waals surface area contributed by atoms with E-state index in [1.807, 2.05) is 35.2 Å². The molecule has 1 aromatic carbocycles. The maximum absolute atomic E-state index is 10.9. The predicted molar refractivity (Wildman–Crippen MR) is 96.2 cm³/mol. The highest BCUT2D eigenvalue weighted by Gasteiger charge is 2.21. The molecule has 0 spiro atoms. The second-order valence-corrected chi connectivity index (χ2v) is 5.90. The summed E-state index contributed by atoms with van der Waals surface area (Å²) in [7, 11) is 0. The van der Waals surface area contributed by atoms with Crippen LogP contribution in [0, 0.1) is 21.4 Å². The Balaban J connectivity index is 1.50. The molecule has 0 unspecified atom stereocenters. The number of nitriles is 1. The van der Waals surface area contributed by atoms with Crippen LogP contribution < -0.4 is 9.64 Å². The van der Waals surface area contributed by atoms with Crippen molar-refractivity contribution in [3.63, 3.8) is 0 Å². The third-order valence-corrected chi connectivity index (χ3v) is 4.28. The fourth-order valence-corrected chi connectivity index (χ4v) is 2.86. The number of benzene rings is 1. The summed E-state index contributed by atoms with van der Waals surface area (Å²) in [5, 5.41) is 20.0. The Morgan fingerprint density at radius 1 is 1.15 bits per heavy atom. The van der Waals surface area contributed by atoms with Crippen LogP contribution in [0.5, 0.6) is 5.75 Å². The van der Waals surface area contributed by atoms with Gasteiger partial charge in [-0.15, -0.1) is 0 Å². The monoisotopic (exact) mass is 353 g/mol. The van der Waals surface area contributed by atoms with E-state index in [1.165, 1.54) is 6.07 Å². The lowest BCUT2D eigenvalue weighted by Crippen LogP contribution is -2.47. The van der Waals surface area contributed by atoms with Crippen molar-refractivity contribution in [3.05, 3.63) is 58.3 Å². The van der Waals surface area contributed by atoms with Gasteiger partial charge in [-0.2, -0.15) is 5.26 Å². The average Bonchev–Trinajstić information content (AvgIpc) is 2.69. The van der Waals surface area contributed by atoms with E-state index in [-0.39, 0.29) is 11.4 Å². The van der Waals surface area contributed by atoms with Crippen LogP contribution >= 0.6 is 0 Å². The summed E-state index contributed by atoms with van der Waals surface area (Å²) >= 11 is 0. The van der Waals surface area contributed by atoms with Gasteiger partial charge in [0.15, 0.2) is 0 Å². The molecule has 0 amide bonds. The first kappa shape index (κ1) is 17.6. The zero-order chi connectivity index (χ0) is 18.4. The largest absolute Gasteiger partial charge is 0.492 e. The van der Waals surface area contributed by atoms with Crippen LogP contribution in [-0.2, 0) is 0 Å². The van der Waals surface area contributed by atoms with Gasteiger partial charge >= 0.3 is 5.69 Å². The van der Waals surface area contributed by atoms with Crippen molar-refractivity contribution in [2.45, 2.75) is 0 Å². The van der Waals surface area contributed by atoms with Gasteiger partial charge in [-0.25, -0.2) is 4.98 Å². The molecule has 134 valence electrons. The van der Waals surface area contributed by atoms with Crippen LogP contribution in [-0.4, -0.2) is 54.1 Å². The maximum atomic E-state index is 10.9. The Hall–Kier alpha value is -3.18. The SMILES string of the molecule is N#Cc1nc(N2CCN(CCOc3ccccc3)CC2)ccc1[N+](=O)[O-]. The molecule has 26 heavy (non-hydrogen) atoms. The van der Waals surface area contributed by atoms with Crippen LogP contribution in [0.2, 0.25) is 0 Å². The fourth-order valence-electron chi connectivity index (χ4n) is 2.86. The Morgan fingerprint density at radius 2 is 1.88 bits per heavy atom. The van der Waals surface area contributed by atoms with Crippen molar-refractivity contribution in [2.24, 2.45) is 0 Å². The molecule has 0 N–H and O–H groups in total. The van der Waals surface area contributed by atoms with Crippen molar-refractivity contribution in [1.82, 2.24) is 9.88 Å². The van der Waals surface area contributed by atoms with E-state index in [0.717, 1.165) is 38.5 Å². The first-order chi connectivity index (χ1) is 12.7. The van der Waals surface area contributed by atoms with Crippen LogP contribution in [0.3, 0.4) is 0 Å². The number of piperazine rings is 1. The third-order valence-electron chi connectivity index (χ3n) is 4.28. The van der Waals surface area contributed by atoms with E-state index in [1.54, 1.807) is 12.1 Å². The van der Waals surface area contributed by atoms with Gasteiger partial charge in [0, 0.05) is 38.8 Å². The molecule has 0 saturated carbocycles. The highest BCUT2D eigenvalue weighted by atomic mass is 16.6. The first-order valence-electron chi connectivity index (χ1n) is 8.38. The molecule has 1 fully saturated rings. The van der Waals surface area contributed by atoms with Gasteiger partial charge in [-0.3, -0.25) is 15.0 Å². The molecular formula is C18H19N5O3. The number of hydrogen-bond donors (Lipinski definition) is 0. The highest BCUT2D eigenvalue weighted by molar-refractivity contribution is 5.51. The number of hydrogen-bond acceptors (Lipinski definition) is 7. The van der Waals surface area contributed by atoms with E-state index in [0.29, 0.717) is 12.4 Å². The molecule has 8 heteroatoms. The normalized spacial score (nSPS) is 14.7. The van der Waals surface area contributed by atoms with Crippen molar-refractivity contribution in [2.75, 3.05) is 44.2 Å². The van der Waals surface area contributed by atoms with E-state index in [4.69, 9.17) is 10.00 Å². The number of ether oxygens (including phenoxy) is 1. The van der Waals surface area contributed by atoms with Gasteiger partial charge in [0.05, 0.1) is 4.92 Å². The first-order valence-corrected chi connectivity index (χ1v) is 8.38. The molecule has 1 aromatic heterocycles. The minimum absolute atomic E-state index is 0.147. The fraction of sp³-hybridized carbons (Fsp3) is 0.333. The summed E-state index contributed by atoms with van der Waals surface area (Å²) in [6, 6.07) is 14.5. The molecule has 1 aliphatic rings. The topological polar surface area (TPSA) is 95.5 Å². The second kappa shape index (κ2) is 8.27. The van der Waals surface area contributed by atoms with E-state index >= 15 is 0 Å². The number of anilines is 1. The average molecular weight is 353 g/mol. The molecular weight excluding hydrogens is 334 g/mol. The number of nitro groups is 1. The van der Waals surface area contributed by atoms with Gasteiger partial charge in [-0.1, -0.05) is 18.2 Å². The predicted octanol–water partition coefficient (Wildman–Crippen LogP) is 2.06. The van der Waals surface area contributed by atoms with Gasteiger partial charge in [0.1, 0.15) is 24.2 Å². The van der Waals surface area contributed by atoms with Crippen LogP contribution in [0.1, 0.15) is 5.69 Å². The van der Waals surface area contributed by atoms with E-state index in [2.05, 4.69) is 9.88 Å². The number of para-hydroxylation sites is 1. The molecule has 2 heterocycles. The number of rotatable bonds is 6. The molecule has 0 bridgehead atoms. The Kier molecular flexibility index (Phi) is 5.61. The molecule has 0 atom stereocenters. The van der Waals surface area contributed by atoms with Crippen molar-refractivity contribution >= 4 is 11.5 Å². The van der Waals surface area contributed by atoms with Crippen LogP contribution in [0.15, 0.2) is 42.5 Å². The third kappa shape index (κ3) is 4.26. The number of aromatic nitrogens is 1. The van der Waals surface area contributed by atoms with Crippen LogP contribution in [0.4, 0.5) is 11.5 Å². The summed E-state index contributed by atoms with van der Waals surface area (Å²) in [5.74, 6) is 1.47. The molecule has 0 radical (unpaired) electrons. The van der Waals surface area contributed by atoms with Gasteiger partial charge in [0.2, 0.25) is 5.69 Å². The van der Waals surface area contributed by atoms with E-state index < -0.39 is 4.92 Å².